The van der Waals surface area contributed by atoms with Crippen LogP contribution >= 0.6 is 0 Å². The van der Waals surface area contributed by atoms with Gasteiger partial charge in [-0.2, -0.15) is 4.31 Å². The van der Waals surface area contributed by atoms with Gasteiger partial charge in [-0.3, -0.25) is 4.79 Å². The Morgan fingerprint density at radius 3 is 2.69 bits per heavy atom. The maximum atomic E-state index is 13.7. The van der Waals surface area contributed by atoms with Crippen molar-refractivity contribution in [3.8, 4) is 17.7 Å². The van der Waals surface area contributed by atoms with Gasteiger partial charge >= 0.3 is 0 Å². The Morgan fingerprint density at radius 1 is 1.31 bits per heavy atom. The van der Waals surface area contributed by atoms with Gasteiger partial charge in [0.05, 0.1) is 24.1 Å². The second-order valence-electron chi connectivity index (χ2n) is 10.4. The highest BCUT2D eigenvalue weighted by Gasteiger charge is 2.36. The first-order valence-corrected chi connectivity index (χ1v) is 14.4. The fourth-order valence-electron chi connectivity index (χ4n) is 4.82. The molecule has 1 aliphatic carbocycles. The lowest BCUT2D eigenvalue weighted by atomic mass is 10.00. The maximum absolute atomic E-state index is 13.7. The van der Waals surface area contributed by atoms with Crippen molar-refractivity contribution in [3.05, 3.63) is 53.5 Å². The van der Waals surface area contributed by atoms with E-state index in [4.69, 9.17) is 4.74 Å². The van der Waals surface area contributed by atoms with Crippen LogP contribution in [0.5, 0.6) is 5.88 Å². The number of carbonyl (C=O) groups excluding carboxylic acids is 1. The Kier molecular flexibility index (Phi) is 8.61. The number of benzene rings is 1. The standard InChI is InChI=1S/C28H34FN3O6S/c1-19-16-32(20(2)18-33)27(34)24-13-21(9-12-28(35)10-4-5-11-28)15-30-26(24)38-25(19)17-31(3)39(36,37)23-8-6-7-22(29)14-23/h6-8,13-15,19-20,25,33,35H,4-5,10-11,16-18H2,1-3H3/t19-,20+,25-/m1/s1. The number of hydrogen-bond donors (Lipinski definition) is 2. The number of carbonyl (C=O) groups is 1. The number of hydrogen-bond acceptors (Lipinski definition) is 7. The molecular weight excluding hydrogens is 525 g/mol. The topological polar surface area (TPSA) is 120 Å². The molecule has 1 aromatic carbocycles. The minimum Gasteiger partial charge on any atom is -0.472 e. The zero-order chi connectivity index (χ0) is 28.4. The number of amides is 1. The van der Waals surface area contributed by atoms with Crippen LogP contribution in [0.3, 0.4) is 0 Å². The van der Waals surface area contributed by atoms with Gasteiger partial charge in [-0.1, -0.05) is 24.8 Å². The molecule has 1 aliphatic heterocycles. The van der Waals surface area contributed by atoms with Crippen molar-refractivity contribution in [1.29, 1.82) is 0 Å². The van der Waals surface area contributed by atoms with Crippen LogP contribution in [0, 0.1) is 23.6 Å². The van der Waals surface area contributed by atoms with Crippen LogP contribution in [-0.2, 0) is 10.0 Å². The van der Waals surface area contributed by atoms with Crippen LogP contribution in [-0.4, -0.2) is 83.2 Å². The van der Waals surface area contributed by atoms with Crippen LogP contribution in [0.1, 0.15) is 55.5 Å². The maximum Gasteiger partial charge on any atom is 0.259 e. The third-order valence-electron chi connectivity index (χ3n) is 7.33. The average molecular weight is 560 g/mol. The number of pyridine rings is 1. The third-order valence-corrected chi connectivity index (χ3v) is 9.15. The smallest absolute Gasteiger partial charge is 0.259 e. The predicted octanol–water partition coefficient (Wildman–Crippen LogP) is 2.42. The first-order chi connectivity index (χ1) is 18.4. The molecular formula is C28H34FN3O6S. The zero-order valence-corrected chi connectivity index (χ0v) is 23.1. The summed E-state index contributed by atoms with van der Waals surface area (Å²) in [6.45, 7) is 3.37. The molecule has 210 valence electrons. The van der Waals surface area contributed by atoms with Crippen LogP contribution in [0.2, 0.25) is 0 Å². The average Bonchev–Trinajstić information content (AvgIpc) is 3.35. The first-order valence-electron chi connectivity index (χ1n) is 13.0. The number of rotatable bonds is 6. The lowest BCUT2D eigenvalue weighted by Gasteiger charge is -2.37. The summed E-state index contributed by atoms with van der Waals surface area (Å²) in [4.78, 5) is 19.3. The SMILES string of the molecule is C[C@@H]1CN([C@@H](C)CO)C(=O)c2cc(C#CC3(O)CCCC3)cnc2O[C@@H]1CN(C)S(=O)(=O)c1cccc(F)c1. The highest BCUT2D eigenvalue weighted by atomic mass is 32.2. The molecule has 2 aromatic rings. The Morgan fingerprint density at radius 2 is 2.03 bits per heavy atom. The van der Waals surface area contributed by atoms with E-state index in [1.807, 2.05) is 6.92 Å². The highest BCUT2D eigenvalue weighted by molar-refractivity contribution is 7.89. The minimum atomic E-state index is -4.03. The summed E-state index contributed by atoms with van der Waals surface area (Å²) >= 11 is 0. The molecule has 2 aliphatic rings. The van der Waals surface area contributed by atoms with E-state index in [1.165, 1.54) is 36.3 Å². The van der Waals surface area contributed by atoms with Crippen LogP contribution < -0.4 is 4.74 Å². The predicted molar refractivity (Wildman–Crippen MR) is 142 cm³/mol. The number of aromatic nitrogens is 1. The number of aliphatic hydroxyl groups excluding tert-OH is 1. The van der Waals surface area contributed by atoms with Gasteiger partial charge in [-0.05, 0) is 56.9 Å². The Hall–Kier alpha value is -3.04. The molecule has 3 atom stereocenters. The summed E-state index contributed by atoms with van der Waals surface area (Å²) in [6.07, 6.45) is 3.71. The molecule has 9 nitrogen and oxygen atoms in total. The van der Waals surface area contributed by atoms with E-state index < -0.39 is 39.5 Å². The van der Waals surface area contributed by atoms with Crippen molar-refractivity contribution in [1.82, 2.24) is 14.2 Å². The second-order valence-corrected chi connectivity index (χ2v) is 12.5. The molecule has 0 spiro atoms. The van der Waals surface area contributed by atoms with E-state index in [9.17, 15) is 27.8 Å². The van der Waals surface area contributed by atoms with Crippen LogP contribution in [0.4, 0.5) is 4.39 Å². The van der Waals surface area contributed by atoms with Crippen molar-refractivity contribution >= 4 is 15.9 Å². The normalized spacial score (nSPS) is 21.8. The minimum absolute atomic E-state index is 0.0216. The quantitative estimate of drug-likeness (QED) is 0.522. The highest BCUT2D eigenvalue weighted by Crippen LogP contribution is 2.30. The molecule has 2 heterocycles. The van der Waals surface area contributed by atoms with Crippen molar-refractivity contribution in [3.63, 3.8) is 0 Å². The number of aliphatic hydroxyl groups is 2. The summed E-state index contributed by atoms with van der Waals surface area (Å²) in [5, 5.41) is 20.4. The molecule has 4 rings (SSSR count). The van der Waals surface area contributed by atoms with E-state index in [0.717, 1.165) is 23.2 Å². The number of sulfonamides is 1. The van der Waals surface area contributed by atoms with Gasteiger partial charge in [0.25, 0.3) is 5.91 Å². The van der Waals surface area contributed by atoms with Crippen molar-refractivity contribution < 1.29 is 32.6 Å². The lowest BCUT2D eigenvalue weighted by Crippen LogP contribution is -2.50. The Balaban J connectivity index is 1.67. The molecule has 1 saturated carbocycles. The molecule has 1 aromatic heterocycles. The third kappa shape index (κ3) is 6.41. The van der Waals surface area contributed by atoms with Gasteiger partial charge < -0.3 is 19.8 Å². The summed E-state index contributed by atoms with van der Waals surface area (Å²) in [7, 11) is -2.64. The van der Waals surface area contributed by atoms with Crippen molar-refractivity contribution in [2.75, 3.05) is 26.7 Å². The largest absolute Gasteiger partial charge is 0.472 e. The molecule has 0 saturated heterocycles. The first kappa shape index (κ1) is 29.0. The van der Waals surface area contributed by atoms with E-state index in [2.05, 4.69) is 16.8 Å². The molecule has 0 unspecified atom stereocenters. The van der Waals surface area contributed by atoms with Crippen LogP contribution in [0.15, 0.2) is 41.4 Å². The molecule has 11 heteroatoms. The zero-order valence-electron chi connectivity index (χ0n) is 22.3. The number of halogens is 1. The summed E-state index contributed by atoms with van der Waals surface area (Å²) < 4.78 is 47.3. The van der Waals surface area contributed by atoms with E-state index in [-0.39, 0.29) is 42.0 Å². The van der Waals surface area contributed by atoms with Gasteiger partial charge in [-0.25, -0.2) is 17.8 Å². The Labute approximate surface area is 228 Å². The number of fused-ring (bicyclic) bond motifs is 1. The molecule has 1 fully saturated rings. The van der Waals surface area contributed by atoms with Gasteiger partial charge in [0.2, 0.25) is 15.9 Å². The molecule has 39 heavy (non-hydrogen) atoms. The Bertz CT molecular complexity index is 1380. The molecule has 0 radical (unpaired) electrons. The summed E-state index contributed by atoms with van der Waals surface area (Å²) in [5.74, 6) is 4.45. The fraction of sp³-hybridized carbons (Fsp3) is 0.500. The van der Waals surface area contributed by atoms with Crippen molar-refractivity contribution in [2.24, 2.45) is 5.92 Å². The monoisotopic (exact) mass is 559 g/mol. The van der Waals surface area contributed by atoms with Gasteiger partial charge in [0, 0.05) is 31.3 Å². The number of ether oxygens (including phenoxy) is 1. The molecule has 0 bridgehead atoms. The van der Waals surface area contributed by atoms with Crippen LogP contribution in [0.25, 0.3) is 0 Å². The number of nitrogens with zero attached hydrogens (tertiary/aromatic N) is 3. The lowest BCUT2D eigenvalue weighted by molar-refractivity contribution is 0.0373. The number of likely N-dealkylation sites (N-methyl/N-ethyl adjacent to an activating group) is 1. The van der Waals surface area contributed by atoms with E-state index in [1.54, 1.807) is 13.0 Å². The fourth-order valence-corrected chi connectivity index (χ4v) is 6.04. The summed E-state index contributed by atoms with van der Waals surface area (Å²) in [6, 6.07) is 5.81. The van der Waals surface area contributed by atoms with Gasteiger partial charge in [0.15, 0.2) is 0 Å². The van der Waals surface area contributed by atoms with E-state index in [0.29, 0.717) is 18.4 Å². The second kappa shape index (κ2) is 11.6. The molecule has 1 amide bonds. The van der Waals surface area contributed by atoms with Gasteiger partial charge in [-0.15, -0.1) is 0 Å². The summed E-state index contributed by atoms with van der Waals surface area (Å²) in [5.41, 5.74) is -0.493. The van der Waals surface area contributed by atoms with Gasteiger partial charge in [0.1, 0.15) is 23.1 Å². The van der Waals surface area contributed by atoms with E-state index >= 15 is 0 Å². The van der Waals surface area contributed by atoms with Crippen molar-refractivity contribution in [2.45, 2.75) is 62.2 Å². The molecule has 2 N–H and O–H groups in total.